The molecule has 1 aromatic rings. The zero-order valence-corrected chi connectivity index (χ0v) is 20.6. The van der Waals surface area contributed by atoms with Crippen molar-refractivity contribution in [2.24, 2.45) is 5.92 Å². The van der Waals surface area contributed by atoms with E-state index in [2.05, 4.69) is 15.4 Å². The van der Waals surface area contributed by atoms with Crippen LogP contribution in [0.2, 0.25) is 0 Å². The van der Waals surface area contributed by atoms with Crippen molar-refractivity contribution in [2.75, 3.05) is 45.3 Å². The summed E-state index contributed by atoms with van der Waals surface area (Å²) in [4.78, 5) is 15.3. The molecule has 0 radical (unpaired) electrons. The molecule has 4 rings (SSSR count). The smallest absolute Gasteiger partial charge is 0.246 e. The number of carbonyl (C=O) groups excluding carboxylic acids is 1. The van der Waals surface area contributed by atoms with Gasteiger partial charge in [0.1, 0.15) is 0 Å². The topological polar surface area (TPSA) is 86.1 Å². The minimum atomic E-state index is -0.669. The summed E-state index contributed by atoms with van der Waals surface area (Å²) in [7, 11) is 2.01. The molecule has 8 heteroatoms. The van der Waals surface area contributed by atoms with Crippen LogP contribution < -0.4 is 5.32 Å². The number of nitrogens with one attached hydrogen (secondary N) is 1. The lowest BCUT2D eigenvalue weighted by atomic mass is 9.83. The number of likely N-dealkylation sites (N-methyl/N-ethyl adjacent to an activating group) is 1. The van der Waals surface area contributed by atoms with Crippen LogP contribution in [0, 0.1) is 5.92 Å². The Morgan fingerprint density at radius 2 is 1.94 bits per heavy atom. The molecule has 1 N–H and O–H groups in total. The molecular formula is C25H41N3O5. The quantitative estimate of drug-likeness (QED) is 0.590. The van der Waals surface area contributed by atoms with Crippen LogP contribution in [0.25, 0.3) is 0 Å². The molecule has 8 nitrogen and oxygen atoms in total. The molecule has 1 saturated carbocycles. The molecule has 1 atom stereocenters. The monoisotopic (exact) mass is 463 g/mol. The molecule has 1 amide bonds. The molecule has 33 heavy (non-hydrogen) atoms. The van der Waals surface area contributed by atoms with Gasteiger partial charge in [-0.05, 0) is 71.8 Å². The minimum Gasteiger partial charge on any atom is -0.381 e. The molecule has 3 aliphatic rings. The van der Waals surface area contributed by atoms with E-state index in [1.165, 1.54) is 0 Å². The van der Waals surface area contributed by atoms with Crippen LogP contribution in [-0.2, 0) is 24.4 Å². The lowest BCUT2D eigenvalue weighted by Gasteiger charge is -2.37. The second-order valence-corrected chi connectivity index (χ2v) is 10.6. The standard InChI is InChI=1S/C25H41N3O5/c1-24(2,28(3)17-19-9-14-30-15-10-19)23(29)26-21-16-20(27-33-21)25(11-5-6-12-25)18-32-22-8-4-7-13-31-22/h16,19,22H,4-15,17-18H2,1-3H3,(H,26,29). The van der Waals surface area contributed by atoms with Crippen LogP contribution in [-0.4, -0.2) is 67.8 Å². The summed E-state index contributed by atoms with van der Waals surface area (Å²) in [5.41, 5.74) is 0.0416. The molecule has 2 aliphatic heterocycles. The molecule has 0 bridgehead atoms. The Labute approximate surface area is 197 Å². The maximum atomic E-state index is 13.2. The third kappa shape index (κ3) is 5.96. The number of anilines is 1. The van der Waals surface area contributed by atoms with Gasteiger partial charge in [0.15, 0.2) is 6.29 Å². The number of hydrogen-bond donors (Lipinski definition) is 1. The molecule has 0 aromatic carbocycles. The van der Waals surface area contributed by atoms with Gasteiger partial charge in [0.05, 0.1) is 17.8 Å². The first-order valence-electron chi connectivity index (χ1n) is 12.7. The SMILES string of the molecule is CN(CC1CCOCC1)C(C)(C)C(=O)Nc1cc(C2(COC3CCCCO3)CCCC2)no1. The lowest BCUT2D eigenvalue weighted by Crippen LogP contribution is -2.52. The van der Waals surface area contributed by atoms with E-state index in [1.807, 2.05) is 27.0 Å². The van der Waals surface area contributed by atoms with Gasteiger partial charge in [-0.25, -0.2) is 0 Å². The van der Waals surface area contributed by atoms with Gasteiger partial charge in [-0.3, -0.25) is 15.0 Å². The van der Waals surface area contributed by atoms with E-state index in [0.29, 0.717) is 18.4 Å². The van der Waals surface area contributed by atoms with Crippen LogP contribution >= 0.6 is 0 Å². The summed E-state index contributed by atoms with van der Waals surface area (Å²) in [6, 6.07) is 1.89. The summed E-state index contributed by atoms with van der Waals surface area (Å²) >= 11 is 0. The van der Waals surface area contributed by atoms with Crippen molar-refractivity contribution < 1.29 is 23.5 Å². The summed E-state index contributed by atoms with van der Waals surface area (Å²) in [6.07, 6.45) is 9.50. The fourth-order valence-electron chi connectivity index (χ4n) is 5.19. The Kier molecular flexibility index (Phi) is 8.10. The zero-order chi connectivity index (χ0) is 23.3. The van der Waals surface area contributed by atoms with E-state index < -0.39 is 5.54 Å². The highest BCUT2D eigenvalue weighted by atomic mass is 16.7. The zero-order valence-electron chi connectivity index (χ0n) is 20.6. The van der Waals surface area contributed by atoms with Gasteiger partial charge >= 0.3 is 0 Å². The Morgan fingerprint density at radius 3 is 2.64 bits per heavy atom. The van der Waals surface area contributed by atoms with Gasteiger partial charge < -0.3 is 18.7 Å². The van der Waals surface area contributed by atoms with Crippen LogP contribution in [0.3, 0.4) is 0 Å². The summed E-state index contributed by atoms with van der Waals surface area (Å²) in [5.74, 6) is 0.873. The van der Waals surface area contributed by atoms with Gasteiger partial charge in [0.2, 0.25) is 11.8 Å². The molecule has 2 saturated heterocycles. The van der Waals surface area contributed by atoms with Crippen molar-refractivity contribution in [3.8, 4) is 0 Å². The van der Waals surface area contributed by atoms with Crippen molar-refractivity contribution >= 4 is 11.8 Å². The van der Waals surface area contributed by atoms with Gasteiger partial charge in [-0.2, -0.15) is 0 Å². The molecule has 186 valence electrons. The van der Waals surface area contributed by atoms with E-state index in [-0.39, 0.29) is 17.6 Å². The van der Waals surface area contributed by atoms with Crippen molar-refractivity contribution in [3.63, 3.8) is 0 Å². The summed E-state index contributed by atoms with van der Waals surface area (Å²) < 4.78 is 23.0. The second-order valence-electron chi connectivity index (χ2n) is 10.6. The number of amides is 1. The van der Waals surface area contributed by atoms with Crippen LogP contribution in [0.5, 0.6) is 0 Å². The number of rotatable bonds is 9. The highest BCUT2D eigenvalue weighted by molar-refractivity contribution is 5.96. The highest BCUT2D eigenvalue weighted by Crippen LogP contribution is 2.42. The lowest BCUT2D eigenvalue weighted by molar-refractivity contribution is -0.172. The van der Waals surface area contributed by atoms with Crippen LogP contribution in [0.1, 0.15) is 77.3 Å². The first-order chi connectivity index (χ1) is 15.9. The number of hydrogen-bond acceptors (Lipinski definition) is 7. The third-order valence-electron chi connectivity index (χ3n) is 7.92. The van der Waals surface area contributed by atoms with Gasteiger partial charge in [-0.1, -0.05) is 18.0 Å². The fraction of sp³-hybridized carbons (Fsp3) is 0.840. The van der Waals surface area contributed by atoms with E-state index in [4.69, 9.17) is 18.7 Å². The maximum absolute atomic E-state index is 13.2. The van der Waals surface area contributed by atoms with E-state index in [0.717, 1.165) is 89.8 Å². The van der Waals surface area contributed by atoms with Crippen LogP contribution in [0.4, 0.5) is 5.88 Å². The predicted octanol–water partition coefficient (Wildman–Crippen LogP) is 4.11. The van der Waals surface area contributed by atoms with Crippen molar-refractivity contribution in [2.45, 2.75) is 88.9 Å². The van der Waals surface area contributed by atoms with Crippen LogP contribution in [0.15, 0.2) is 10.6 Å². The normalized spacial score (nSPS) is 24.3. The molecule has 1 unspecified atom stereocenters. The van der Waals surface area contributed by atoms with Gasteiger partial charge in [-0.15, -0.1) is 0 Å². The highest BCUT2D eigenvalue weighted by Gasteiger charge is 2.40. The Morgan fingerprint density at radius 1 is 1.18 bits per heavy atom. The summed E-state index contributed by atoms with van der Waals surface area (Å²) in [6.45, 7) is 7.75. The largest absolute Gasteiger partial charge is 0.381 e. The Balaban J connectivity index is 1.36. The van der Waals surface area contributed by atoms with E-state index >= 15 is 0 Å². The fourth-order valence-corrected chi connectivity index (χ4v) is 5.19. The van der Waals surface area contributed by atoms with E-state index in [1.54, 1.807) is 0 Å². The average Bonchev–Trinajstić information content (AvgIpc) is 3.49. The molecule has 1 aliphatic carbocycles. The van der Waals surface area contributed by atoms with Gasteiger partial charge in [0.25, 0.3) is 0 Å². The molecule has 0 spiro atoms. The predicted molar refractivity (Wildman–Crippen MR) is 125 cm³/mol. The maximum Gasteiger partial charge on any atom is 0.246 e. The Bertz CT molecular complexity index is 762. The average molecular weight is 464 g/mol. The first-order valence-corrected chi connectivity index (χ1v) is 12.7. The second kappa shape index (κ2) is 10.8. The molecule has 3 fully saturated rings. The van der Waals surface area contributed by atoms with Crippen molar-refractivity contribution in [1.82, 2.24) is 10.1 Å². The minimum absolute atomic E-state index is 0.0907. The number of aromatic nitrogens is 1. The van der Waals surface area contributed by atoms with Gasteiger partial charge in [0, 0.05) is 37.8 Å². The number of ether oxygens (including phenoxy) is 3. The Hall–Kier alpha value is -1.48. The molecular weight excluding hydrogens is 422 g/mol. The molecule has 3 heterocycles. The van der Waals surface area contributed by atoms with Crippen molar-refractivity contribution in [3.05, 3.63) is 11.8 Å². The van der Waals surface area contributed by atoms with Crippen molar-refractivity contribution in [1.29, 1.82) is 0 Å². The van der Waals surface area contributed by atoms with E-state index in [9.17, 15) is 4.79 Å². The molecule has 1 aromatic heterocycles. The third-order valence-corrected chi connectivity index (χ3v) is 7.92. The summed E-state index contributed by atoms with van der Waals surface area (Å²) in [5, 5.41) is 7.34. The number of nitrogens with zero attached hydrogens (tertiary/aromatic N) is 2. The first kappa shape index (κ1) is 24.6. The number of carbonyl (C=O) groups is 1.